The normalized spacial score (nSPS) is 14.6. The number of methoxy groups -OCH3 is 1. The van der Waals surface area contributed by atoms with Crippen LogP contribution in [0.4, 0.5) is 0 Å². The summed E-state index contributed by atoms with van der Waals surface area (Å²) in [4.78, 5) is 30.7. The van der Waals surface area contributed by atoms with E-state index in [2.05, 4.69) is 4.98 Å². The van der Waals surface area contributed by atoms with E-state index in [1.165, 1.54) is 42.7 Å². The molecule has 1 aliphatic rings. The van der Waals surface area contributed by atoms with Gasteiger partial charge in [0.25, 0.3) is 0 Å². The molecule has 6 rings (SSSR count). The third-order valence-electron chi connectivity index (χ3n) is 5.88. The minimum absolute atomic E-state index is 0.0192. The summed E-state index contributed by atoms with van der Waals surface area (Å²) >= 11 is 1.41. The van der Waals surface area contributed by atoms with E-state index in [4.69, 9.17) is 13.9 Å². The molecule has 3 aromatic heterocycles. The number of nitrogens with zero attached hydrogens (tertiary/aromatic N) is 2. The maximum Gasteiger partial charge on any atom is 0.306 e. The number of carbonyl (C=O) groups is 1. The number of carbonyl (C=O) groups excluding carboxylic acids is 1. The molecule has 1 aliphatic heterocycles. The summed E-state index contributed by atoms with van der Waals surface area (Å²) in [7, 11) is 1.30. The van der Waals surface area contributed by atoms with Crippen LogP contribution in [0.5, 0.6) is 23.1 Å². The maximum atomic E-state index is 13.1. The predicted molar refractivity (Wildman–Crippen MR) is 123 cm³/mol. The number of benzene rings is 2. The van der Waals surface area contributed by atoms with Crippen LogP contribution in [0, 0.1) is 0 Å². The van der Waals surface area contributed by atoms with E-state index in [1.54, 1.807) is 12.1 Å². The van der Waals surface area contributed by atoms with Crippen LogP contribution in [0.1, 0.15) is 23.6 Å². The summed E-state index contributed by atoms with van der Waals surface area (Å²) in [5.74, 6) is -0.527. The second kappa shape index (κ2) is 7.35. The van der Waals surface area contributed by atoms with Gasteiger partial charge in [0.2, 0.25) is 5.88 Å². The minimum Gasteiger partial charge on any atom is -0.508 e. The molecular formula is C24H16N2O7S. The number of hydrogen-bond donors (Lipinski definition) is 2. The van der Waals surface area contributed by atoms with E-state index in [0.717, 1.165) is 0 Å². The molecular weight excluding hydrogens is 460 g/mol. The number of phenolic OH excluding ortho intramolecular Hbond substituents is 2. The fourth-order valence-electron chi connectivity index (χ4n) is 4.36. The van der Waals surface area contributed by atoms with Crippen LogP contribution in [0.3, 0.4) is 0 Å². The topological polar surface area (TPSA) is 124 Å². The van der Waals surface area contributed by atoms with E-state index >= 15 is 0 Å². The van der Waals surface area contributed by atoms with Gasteiger partial charge in [-0.2, -0.15) is 4.98 Å². The van der Waals surface area contributed by atoms with Crippen molar-refractivity contribution in [2.24, 2.45) is 0 Å². The highest BCUT2D eigenvalue weighted by atomic mass is 32.1. The quantitative estimate of drug-likeness (QED) is 0.368. The van der Waals surface area contributed by atoms with Crippen LogP contribution >= 0.6 is 11.3 Å². The summed E-state index contributed by atoms with van der Waals surface area (Å²) in [6, 6.07) is 8.80. The van der Waals surface area contributed by atoms with E-state index in [1.807, 2.05) is 16.0 Å². The summed E-state index contributed by atoms with van der Waals surface area (Å²) in [6.07, 6.45) is 1.77. The number of imidazole rings is 1. The SMILES string of the molecule is COC(=O)CC1c2c(cc(O)c3c(=O)cc(-c4ccc(O)cc4)oc23)Oc2nc3sccn3c21. The largest absolute Gasteiger partial charge is 0.508 e. The zero-order chi connectivity index (χ0) is 23.6. The van der Waals surface area contributed by atoms with Gasteiger partial charge >= 0.3 is 5.97 Å². The Morgan fingerprint density at radius 1 is 1.24 bits per heavy atom. The van der Waals surface area contributed by atoms with Gasteiger partial charge in [-0.15, -0.1) is 11.3 Å². The molecule has 0 saturated heterocycles. The predicted octanol–water partition coefficient (Wildman–Crippen LogP) is 4.38. The highest BCUT2D eigenvalue weighted by Crippen LogP contribution is 2.50. The molecule has 10 heteroatoms. The van der Waals surface area contributed by atoms with Crippen molar-refractivity contribution in [2.75, 3.05) is 7.11 Å². The molecule has 1 atom stereocenters. The van der Waals surface area contributed by atoms with Crippen LogP contribution < -0.4 is 10.2 Å². The van der Waals surface area contributed by atoms with Crippen molar-refractivity contribution in [3.63, 3.8) is 0 Å². The van der Waals surface area contributed by atoms with Gasteiger partial charge in [-0.25, -0.2) is 0 Å². The molecule has 170 valence electrons. The standard InChI is InChI=1S/C24H16N2O7S/c1-31-18(30)8-13-19-17(33-23-21(13)26-6-7-34-24(26)25-23)10-15(29)20-14(28)9-16(32-22(19)20)11-2-4-12(27)5-3-11/h2-7,9-10,13,27,29H,8H2,1H3. The molecule has 0 fully saturated rings. The molecule has 0 amide bonds. The van der Waals surface area contributed by atoms with Crippen molar-refractivity contribution in [1.82, 2.24) is 9.38 Å². The molecule has 0 spiro atoms. The smallest absolute Gasteiger partial charge is 0.306 e. The van der Waals surface area contributed by atoms with Crippen LogP contribution in [-0.2, 0) is 9.53 Å². The molecule has 0 saturated carbocycles. The lowest BCUT2D eigenvalue weighted by Gasteiger charge is -2.26. The number of aromatic nitrogens is 2. The number of esters is 1. The number of fused-ring (bicyclic) bond motifs is 6. The van der Waals surface area contributed by atoms with Crippen molar-refractivity contribution in [2.45, 2.75) is 12.3 Å². The van der Waals surface area contributed by atoms with Gasteiger partial charge in [-0.1, -0.05) is 0 Å². The third-order valence-corrected chi connectivity index (χ3v) is 6.64. The van der Waals surface area contributed by atoms with Crippen LogP contribution in [0.2, 0.25) is 0 Å². The Hall–Kier alpha value is -4.31. The second-order valence-corrected chi connectivity index (χ2v) is 8.70. The van der Waals surface area contributed by atoms with Crippen LogP contribution in [0.25, 0.3) is 27.3 Å². The average molecular weight is 476 g/mol. The van der Waals surface area contributed by atoms with E-state index in [-0.39, 0.29) is 40.4 Å². The Morgan fingerprint density at radius 3 is 2.79 bits per heavy atom. The summed E-state index contributed by atoms with van der Waals surface area (Å²) in [5, 5.41) is 22.1. The van der Waals surface area contributed by atoms with Crippen molar-refractivity contribution >= 4 is 33.2 Å². The zero-order valence-corrected chi connectivity index (χ0v) is 18.5. The minimum atomic E-state index is -0.614. The third kappa shape index (κ3) is 2.96. The number of hydrogen-bond acceptors (Lipinski definition) is 9. The van der Waals surface area contributed by atoms with Crippen molar-refractivity contribution in [3.05, 3.63) is 69.5 Å². The highest BCUT2D eigenvalue weighted by Gasteiger charge is 2.37. The van der Waals surface area contributed by atoms with Gasteiger partial charge in [0.15, 0.2) is 10.4 Å². The van der Waals surface area contributed by atoms with E-state index < -0.39 is 17.3 Å². The molecule has 4 heterocycles. The fraction of sp³-hybridized carbons (Fsp3) is 0.125. The van der Waals surface area contributed by atoms with Gasteiger partial charge in [-0.3, -0.25) is 14.0 Å². The molecule has 5 aromatic rings. The lowest BCUT2D eigenvalue weighted by Crippen LogP contribution is -2.17. The zero-order valence-electron chi connectivity index (χ0n) is 17.6. The maximum absolute atomic E-state index is 13.1. The van der Waals surface area contributed by atoms with E-state index in [0.29, 0.717) is 27.7 Å². The molecule has 2 N–H and O–H groups in total. The Bertz CT molecular complexity index is 1660. The van der Waals surface area contributed by atoms with Gasteiger partial charge in [0.05, 0.1) is 19.2 Å². The van der Waals surface area contributed by atoms with Gasteiger partial charge in [0.1, 0.15) is 34.0 Å². The Morgan fingerprint density at radius 2 is 2.03 bits per heavy atom. The molecule has 34 heavy (non-hydrogen) atoms. The Labute approximate surface area is 195 Å². The van der Waals surface area contributed by atoms with Gasteiger partial charge in [0, 0.05) is 40.8 Å². The fourth-order valence-corrected chi connectivity index (χ4v) is 5.07. The molecule has 0 bridgehead atoms. The Kier molecular flexibility index (Phi) is 4.39. The number of aromatic hydroxyl groups is 2. The van der Waals surface area contributed by atoms with Crippen LogP contribution in [-0.4, -0.2) is 32.7 Å². The first-order chi connectivity index (χ1) is 16.4. The number of phenols is 2. The first-order valence-corrected chi connectivity index (χ1v) is 11.2. The molecule has 9 nitrogen and oxygen atoms in total. The molecule has 0 aliphatic carbocycles. The highest BCUT2D eigenvalue weighted by molar-refractivity contribution is 7.15. The average Bonchev–Trinajstić information content (AvgIpc) is 3.39. The summed E-state index contributed by atoms with van der Waals surface area (Å²) < 4.78 is 19.0. The molecule has 1 unspecified atom stereocenters. The first kappa shape index (κ1) is 20.3. The lowest BCUT2D eigenvalue weighted by atomic mass is 9.88. The van der Waals surface area contributed by atoms with Crippen molar-refractivity contribution in [1.29, 1.82) is 0 Å². The van der Waals surface area contributed by atoms with Gasteiger partial charge in [-0.05, 0) is 24.3 Å². The summed E-state index contributed by atoms with van der Waals surface area (Å²) in [6.45, 7) is 0. The number of rotatable bonds is 3. The molecule has 2 aromatic carbocycles. The van der Waals surface area contributed by atoms with Gasteiger partial charge < -0.3 is 24.1 Å². The first-order valence-electron chi connectivity index (χ1n) is 10.3. The Balaban J connectivity index is 1.67. The number of thiazole rings is 1. The van der Waals surface area contributed by atoms with Crippen LogP contribution in [0.15, 0.2) is 57.2 Å². The summed E-state index contributed by atoms with van der Waals surface area (Å²) in [5.41, 5.74) is 1.27. The van der Waals surface area contributed by atoms with E-state index in [9.17, 15) is 19.8 Å². The lowest BCUT2D eigenvalue weighted by molar-refractivity contribution is -0.140. The number of ether oxygens (including phenoxy) is 2. The second-order valence-electron chi connectivity index (χ2n) is 7.83. The van der Waals surface area contributed by atoms with Crippen molar-refractivity contribution in [3.8, 4) is 34.5 Å². The van der Waals surface area contributed by atoms with Crippen molar-refractivity contribution < 1.29 is 28.9 Å². The monoisotopic (exact) mass is 476 g/mol. The molecule has 0 radical (unpaired) electrons.